The van der Waals surface area contributed by atoms with E-state index in [0.717, 1.165) is 17.6 Å². The summed E-state index contributed by atoms with van der Waals surface area (Å²) in [6.45, 7) is 1.54. The first-order chi connectivity index (χ1) is 13.1. The summed E-state index contributed by atoms with van der Waals surface area (Å²) in [6, 6.07) is 10.2. The molecule has 1 saturated heterocycles. The summed E-state index contributed by atoms with van der Waals surface area (Å²) in [5.74, 6) is 0.952. The third-order valence-corrected chi connectivity index (χ3v) is 5.69. The molecule has 2 bridgehead atoms. The Kier molecular flexibility index (Phi) is 3.86. The molecule has 2 aliphatic heterocycles. The van der Waals surface area contributed by atoms with Crippen LogP contribution in [-0.4, -0.2) is 36.6 Å². The van der Waals surface area contributed by atoms with E-state index in [9.17, 15) is 9.18 Å². The van der Waals surface area contributed by atoms with Gasteiger partial charge in [-0.05, 0) is 54.3 Å². The number of benzene rings is 2. The van der Waals surface area contributed by atoms with E-state index in [-0.39, 0.29) is 17.8 Å². The quantitative estimate of drug-likeness (QED) is 0.772. The first kappa shape index (κ1) is 16.6. The molecule has 2 heterocycles. The van der Waals surface area contributed by atoms with Gasteiger partial charge in [-0.2, -0.15) is 0 Å². The molecule has 3 aliphatic rings. The average molecular weight is 386 g/mol. The van der Waals surface area contributed by atoms with Crippen LogP contribution in [0.5, 0.6) is 11.5 Å². The Morgan fingerprint density at radius 1 is 1.07 bits per heavy atom. The van der Waals surface area contributed by atoms with Crippen molar-refractivity contribution < 1.29 is 18.7 Å². The van der Waals surface area contributed by atoms with Gasteiger partial charge in [-0.3, -0.25) is 4.79 Å². The molecule has 5 rings (SSSR count). The normalized spacial score (nSPS) is 20.4. The lowest BCUT2D eigenvalue weighted by molar-refractivity contribution is 0.0737. The van der Waals surface area contributed by atoms with E-state index in [4.69, 9.17) is 21.1 Å². The van der Waals surface area contributed by atoms with Gasteiger partial charge >= 0.3 is 0 Å². The van der Waals surface area contributed by atoms with E-state index >= 15 is 0 Å². The molecule has 1 fully saturated rings. The molecule has 1 aliphatic carbocycles. The van der Waals surface area contributed by atoms with Crippen molar-refractivity contribution in [2.24, 2.45) is 0 Å². The highest BCUT2D eigenvalue weighted by Gasteiger charge is 2.40. The van der Waals surface area contributed by atoms with Crippen molar-refractivity contribution in [1.29, 1.82) is 0 Å². The zero-order valence-corrected chi connectivity index (χ0v) is 15.3. The highest BCUT2D eigenvalue weighted by molar-refractivity contribution is 6.30. The van der Waals surface area contributed by atoms with Crippen molar-refractivity contribution in [2.75, 3.05) is 19.8 Å². The van der Waals surface area contributed by atoms with Crippen LogP contribution in [0.2, 0.25) is 5.02 Å². The Labute approximate surface area is 161 Å². The number of carbonyl (C=O) groups excluding carboxylic acids is 1. The van der Waals surface area contributed by atoms with Gasteiger partial charge in [0, 0.05) is 28.7 Å². The van der Waals surface area contributed by atoms with Crippen LogP contribution in [0.4, 0.5) is 4.39 Å². The van der Waals surface area contributed by atoms with Gasteiger partial charge < -0.3 is 14.4 Å². The summed E-state index contributed by atoms with van der Waals surface area (Å²) in [5.41, 5.74) is 3.34. The largest absolute Gasteiger partial charge is 0.486 e. The molecule has 6 heteroatoms. The number of carbonyl (C=O) groups is 1. The molecule has 0 saturated carbocycles. The standard InChI is InChI=1S/C21H17ClFNO3/c22-14-2-3-16(18(23)9-14)17-10-15-7-13(17)11-24(15)21(25)12-1-4-19-20(8-12)27-6-5-26-19/h1-4,8-9,15H,5-7,10-11H2. The molecule has 138 valence electrons. The molecule has 2 aromatic rings. The van der Waals surface area contributed by atoms with Crippen LogP contribution in [0, 0.1) is 5.82 Å². The van der Waals surface area contributed by atoms with E-state index in [2.05, 4.69) is 0 Å². The summed E-state index contributed by atoms with van der Waals surface area (Å²) in [6.07, 6.45) is 1.47. The number of likely N-dealkylation sites (tertiary alicyclic amines) is 1. The Morgan fingerprint density at radius 3 is 2.63 bits per heavy atom. The predicted octanol–water partition coefficient (Wildman–Crippen LogP) is 4.32. The molecule has 0 radical (unpaired) electrons. The van der Waals surface area contributed by atoms with E-state index in [0.29, 0.717) is 53.8 Å². The Morgan fingerprint density at radius 2 is 1.89 bits per heavy atom. The summed E-state index contributed by atoms with van der Waals surface area (Å²) >= 11 is 5.86. The molecule has 1 amide bonds. The lowest BCUT2D eigenvalue weighted by atomic mass is 9.98. The minimum Gasteiger partial charge on any atom is -0.486 e. The second-order valence-corrected chi connectivity index (χ2v) is 7.50. The van der Waals surface area contributed by atoms with Crippen molar-refractivity contribution >= 4 is 23.1 Å². The maximum absolute atomic E-state index is 14.3. The number of rotatable bonds is 2. The second-order valence-electron chi connectivity index (χ2n) is 7.06. The summed E-state index contributed by atoms with van der Waals surface area (Å²) in [5, 5.41) is 0.389. The third-order valence-electron chi connectivity index (χ3n) is 5.46. The predicted molar refractivity (Wildman–Crippen MR) is 99.8 cm³/mol. The SMILES string of the molecule is O=C(c1ccc2c(c1)OCCO2)N1CC2=C(c3ccc(Cl)cc3F)CC1C2. The Balaban J connectivity index is 1.40. The molecular formula is C21H17ClFNO3. The van der Waals surface area contributed by atoms with Crippen molar-refractivity contribution in [2.45, 2.75) is 18.9 Å². The van der Waals surface area contributed by atoms with E-state index in [1.807, 2.05) is 4.90 Å². The molecule has 1 atom stereocenters. The topological polar surface area (TPSA) is 38.8 Å². The van der Waals surface area contributed by atoms with Gasteiger partial charge in [-0.15, -0.1) is 0 Å². The number of nitrogens with zero attached hydrogens (tertiary/aromatic N) is 1. The van der Waals surface area contributed by atoms with Gasteiger partial charge in [0.25, 0.3) is 5.91 Å². The minimum atomic E-state index is -0.303. The molecule has 0 aromatic heterocycles. The number of fused-ring (bicyclic) bond motifs is 3. The first-order valence-corrected chi connectivity index (χ1v) is 9.35. The maximum atomic E-state index is 14.3. The zero-order valence-electron chi connectivity index (χ0n) is 14.5. The highest BCUT2D eigenvalue weighted by Crippen LogP contribution is 2.44. The lowest BCUT2D eigenvalue weighted by Gasteiger charge is -2.28. The summed E-state index contributed by atoms with van der Waals surface area (Å²) in [7, 11) is 0. The number of ether oxygens (including phenoxy) is 2. The molecule has 4 nitrogen and oxygen atoms in total. The summed E-state index contributed by atoms with van der Waals surface area (Å²) in [4.78, 5) is 14.9. The van der Waals surface area contributed by atoms with Gasteiger partial charge in [0.1, 0.15) is 19.0 Å². The van der Waals surface area contributed by atoms with Crippen LogP contribution in [-0.2, 0) is 0 Å². The van der Waals surface area contributed by atoms with Gasteiger partial charge in [-0.1, -0.05) is 17.7 Å². The molecular weight excluding hydrogens is 369 g/mol. The molecule has 27 heavy (non-hydrogen) atoms. The van der Waals surface area contributed by atoms with Crippen molar-refractivity contribution in [3.63, 3.8) is 0 Å². The fraction of sp³-hybridized carbons (Fsp3) is 0.286. The van der Waals surface area contributed by atoms with Crippen LogP contribution in [0.25, 0.3) is 5.57 Å². The van der Waals surface area contributed by atoms with Crippen LogP contribution in [0.1, 0.15) is 28.8 Å². The molecule has 0 N–H and O–H groups in total. The maximum Gasteiger partial charge on any atom is 0.254 e. The third kappa shape index (κ3) is 2.77. The average Bonchev–Trinajstić information content (AvgIpc) is 3.28. The van der Waals surface area contributed by atoms with Crippen LogP contribution in [0.15, 0.2) is 42.0 Å². The number of halogens is 2. The van der Waals surface area contributed by atoms with Crippen molar-refractivity contribution in [3.05, 3.63) is 63.9 Å². The molecule has 1 unspecified atom stereocenters. The smallest absolute Gasteiger partial charge is 0.254 e. The highest BCUT2D eigenvalue weighted by atomic mass is 35.5. The van der Waals surface area contributed by atoms with Crippen LogP contribution >= 0.6 is 11.6 Å². The fourth-order valence-corrected chi connectivity index (χ4v) is 4.35. The Hall–Kier alpha value is -2.53. The molecule has 0 spiro atoms. The van der Waals surface area contributed by atoms with E-state index in [1.54, 1.807) is 30.3 Å². The van der Waals surface area contributed by atoms with Gasteiger partial charge in [-0.25, -0.2) is 4.39 Å². The van der Waals surface area contributed by atoms with Crippen molar-refractivity contribution in [1.82, 2.24) is 4.90 Å². The first-order valence-electron chi connectivity index (χ1n) is 8.97. The van der Waals surface area contributed by atoms with Crippen LogP contribution in [0.3, 0.4) is 0 Å². The van der Waals surface area contributed by atoms with Gasteiger partial charge in [0.15, 0.2) is 11.5 Å². The monoisotopic (exact) mass is 385 g/mol. The fourth-order valence-electron chi connectivity index (χ4n) is 4.19. The number of hydrogen-bond acceptors (Lipinski definition) is 3. The number of hydrogen-bond donors (Lipinski definition) is 0. The lowest BCUT2D eigenvalue weighted by Crippen LogP contribution is -2.37. The zero-order chi connectivity index (χ0) is 18.5. The van der Waals surface area contributed by atoms with Crippen molar-refractivity contribution in [3.8, 4) is 11.5 Å². The van der Waals surface area contributed by atoms with E-state index < -0.39 is 0 Å². The number of amides is 1. The second kappa shape index (κ2) is 6.27. The minimum absolute atomic E-state index is 0.0254. The Bertz CT molecular complexity index is 987. The van der Waals surface area contributed by atoms with Gasteiger partial charge in [0.05, 0.1) is 0 Å². The molecule has 2 aromatic carbocycles. The van der Waals surface area contributed by atoms with Crippen LogP contribution < -0.4 is 9.47 Å². The summed E-state index contributed by atoms with van der Waals surface area (Å²) < 4.78 is 25.4. The van der Waals surface area contributed by atoms with E-state index in [1.165, 1.54) is 6.07 Å². The van der Waals surface area contributed by atoms with Gasteiger partial charge in [0.2, 0.25) is 0 Å².